The number of carbonyl (C=O) groups excluding carboxylic acids is 1. The predicted molar refractivity (Wildman–Crippen MR) is 115 cm³/mol. The van der Waals surface area contributed by atoms with Crippen LogP contribution in [0.4, 0.5) is 0 Å². The Labute approximate surface area is 171 Å². The van der Waals surface area contributed by atoms with E-state index in [9.17, 15) is 4.79 Å². The number of benzene rings is 1. The van der Waals surface area contributed by atoms with Crippen LogP contribution >= 0.6 is 24.0 Å². The van der Waals surface area contributed by atoms with Crippen molar-refractivity contribution >= 4 is 35.8 Å². The van der Waals surface area contributed by atoms with E-state index in [1.54, 1.807) is 19.4 Å². The first-order valence-corrected chi connectivity index (χ1v) is 8.47. The molecule has 0 aliphatic carbocycles. The number of nitrogens with one attached hydrogen (secondary N) is 3. The molecular formula is C19H27IN4O2. The van der Waals surface area contributed by atoms with Crippen LogP contribution in [0.25, 0.3) is 0 Å². The maximum Gasteiger partial charge on any atom is 0.239 e. The van der Waals surface area contributed by atoms with Gasteiger partial charge in [-0.15, -0.1) is 24.0 Å². The zero-order valence-electron chi connectivity index (χ0n) is 15.2. The molecule has 142 valence electrons. The lowest BCUT2D eigenvalue weighted by Gasteiger charge is -2.17. The summed E-state index contributed by atoms with van der Waals surface area (Å²) in [6.07, 6.45) is 3.56. The van der Waals surface area contributed by atoms with Crippen molar-refractivity contribution in [1.29, 1.82) is 0 Å². The van der Waals surface area contributed by atoms with Crippen molar-refractivity contribution in [3.05, 3.63) is 60.1 Å². The van der Waals surface area contributed by atoms with Gasteiger partial charge >= 0.3 is 0 Å². The number of hydrogen-bond acceptors (Lipinski definition) is 3. The SMILES string of the molecule is CN=C(NCC(=O)NCc1ccco1)NC(C)CCc1ccccc1.I. The van der Waals surface area contributed by atoms with E-state index < -0.39 is 0 Å². The molecule has 26 heavy (non-hydrogen) atoms. The Bertz CT molecular complexity index is 659. The molecule has 0 aliphatic rings. The number of aliphatic imine (C=N–C) groups is 1. The topological polar surface area (TPSA) is 78.7 Å². The third-order valence-corrected chi connectivity index (χ3v) is 3.77. The molecule has 1 aromatic carbocycles. The van der Waals surface area contributed by atoms with Gasteiger partial charge in [-0.05, 0) is 37.5 Å². The molecule has 0 saturated carbocycles. The van der Waals surface area contributed by atoms with Crippen LogP contribution in [0.2, 0.25) is 0 Å². The molecule has 0 aliphatic heterocycles. The third-order valence-electron chi connectivity index (χ3n) is 3.77. The molecule has 1 aromatic heterocycles. The summed E-state index contributed by atoms with van der Waals surface area (Å²) in [5.74, 6) is 1.23. The fourth-order valence-electron chi connectivity index (χ4n) is 2.35. The molecule has 1 heterocycles. The Hall–Kier alpha value is -2.03. The average molecular weight is 470 g/mol. The summed E-state index contributed by atoms with van der Waals surface area (Å²) in [5.41, 5.74) is 1.32. The van der Waals surface area contributed by atoms with Crippen LogP contribution in [0.5, 0.6) is 0 Å². The van der Waals surface area contributed by atoms with Crippen LogP contribution in [-0.4, -0.2) is 31.5 Å². The number of aryl methyl sites for hydroxylation is 1. The van der Waals surface area contributed by atoms with Crippen LogP contribution in [0, 0.1) is 0 Å². The van der Waals surface area contributed by atoms with Crippen molar-refractivity contribution < 1.29 is 9.21 Å². The van der Waals surface area contributed by atoms with Gasteiger partial charge in [-0.25, -0.2) is 0 Å². The smallest absolute Gasteiger partial charge is 0.239 e. The Morgan fingerprint density at radius 2 is 1.92 bits per heavy atom. The normalized spacial score (nSPS) is 12.0. The van der Waals surface area contributed by atoms with Crippen LogP contribution in [0.15, 0.2) is 58.1 Å². The lowest BCUT2D eigenvalue weighted by atomic mass is 10.1. The zero-order valence-corrected chi connectivity index (χ0v) is 17.5. The average Bonchev–Trinajstić information content (AvgIpc) is 3.16. The summed E-state index contributed by atoms with van der Waals surface area (Å²) >= 11 is 0. The number of furan rings is 1. The largest absolute Gasteiger partial charge is 0.467 e. The van der Waals surface area contributed by atoms with Crippen LogP contribution in [0.3, 0.4) is 0 Å². The number of guanidine groups is 1. The summed E-state index contributed by atoms with van der Waals surface area (Å²) in [5, 5.41) is 9.11. The van der Waals surface area contributed by atoms with Crippen molar-refractivity contribution in [3.63, 3.8) is 0 Å². The molecule has 6 nitrogen and oxygen atoms in total. The Kier molecular flexibility index (Phi) is 10.5. The molecule has 2 aromatic rings. The Balaban J connectivity index is 0.00000338. The fraction of sp³-hybridized carbons (Fsp3) is 0.368. The molecule has 1 amide bonds. The molecule has 0 bridgehead atoms. The van der Waals surface area contributed by atoms with E-state index in [-0.39, 0.29) is 42.5 Å². The maximum atomic E-state index is 11.9. The highest BCUT2D eigenvalue weighted by Gasteiger charge is 2.08. The summed E-state index contributed by atoms with van der Waals surface area (Å²) in [4.78, 5) is 16.0. The standard InChI is InChI=1S/C19H26N4O2.HI/c1-15(10-11-16-7-4-3-5-8-16)23-19(20-2)22-14-18(24)21-13-17-9-6-12-25-17;/h3-9,12,15H,10-11,13-14H2,1-2H3,(H,21,24)(H2,20,22,23);1H. The Morgan fingerprint density at radius 3 is 2.58 bits per heavy atom. The van der Waals surface area contributed by atoms with Crippen molar-refractivity contribution in [2.24, 2.45) is 4.99 Å². The lowest BCUT2D eigenvalue weighted by Crippen LogP contribution is -2.46. The van der Waals surface area contributed by atoms with Gasteiger partial charge in [-0.2, -0.15) is 0 Å². The second-order valence-corrected chi connectivity index (χ2v) is 5.85. The molecule has 3 N–H and O–H groups in total. The molecule has 0 saturated heterocycles. The molecule has 0 fully saturated rings. The first kappa shape index (κ1) is 22.0. The number of halogens is 1. The molecular weight excluding hydrogens is 443 g/mol. The number of rotatable bonds is 8. The number of carbonyl (C=O) groups is 1. The lowest BCUT2D eigenvalue weighted by molar-refractivity contribution is -0.120. The first-order valence-electron chi connectivity index (χ1n) is 8.47. The van der Waals surface area contributed by atoms with E-state index >= 15 is 0 Å². The highest BCUT2D eigenvalue weighted by Crippen LogP contribution is 2.04. The maximum absolute atomic E-state index is 11.9. The highest BCUT2D eigenvalue weighted by atomic mass is 127. The van der Waals surface area contributed by atoms with Gasteiger partial charge in [0.05, 0.1) is 19.4 Å². The zero-order chi connectivity index (χ0) is 17.9. The van der Waals surface area contributed by atoms with Crippen LogP contribution in [-0.2, 0) is 17.8 Å². The number of hydrogen-bond donors (Lipinski definition) is 3. The van der Waals surface area contributed by atoms with E-state index in [4.69, 9.17) is 4.42 Å². The minimum Gasteiger partial charge on any atom is -0.467 e. The first-order chi connectivity index (χ1) is 12.2. The van der Waals surface area contributed by atoms with Gasteiger partial charge in [-0.3, -0.25) is 9.79 Å². The minimum absolute atomic E-state index is 0. The predicted octanol–water partition coefficient (Wildman–Crippen LogP) is 2.70. The van der Waals surface area contributed by atoms with Crippen molar-refractivity contribution in [2.45, 2.75) is 32.4 Å². The van der Waals surface area contributed by atoms with Gasteiger partial charge in [0, 0.05) is 13.1 Å². The summed E-state index contributed by atoms with van der Waals surface area (Å²) < 4.78 is 5.18. The molecule has 1 unspecified atom stereocenters. The molecule has 0 spiro atoms. The van der Waals surface area contributed by atoms with E-state index in [2.05, 4.69) is 52.1 Å². The van der Waals surface area contributed by atoms with Gasteiger partial charge in [-0.1, -0.05) is 30.3 Å². The second kappa shape index (κ2) is 12.3. The van der Waals surface area contributed by atoms with E-state index in [0.29, 0.717) is 12.5 Å². The minimum atomic E-state index is -0.115. The summed E-state index contributed by atoms with van der Waals surface area (Å²) in [7, 11) is 1.69. The quantitative estimate of drug-likeness (QED) is 0.315. The van der Waals surface area contributed by atoms with Crippen molar-refractivity contribution in [3.8, 4) is 0 Å². The van der Waals surface area contributed by atoms with E-state index in [0.717, 1.165) is 18.6 Å². The molecule has 0 radical (unpaired) electrons. The van der Waals surface area contributed by atoms with Gasteiger partial charge in [0.2, 0.25) is 5.91 Å². The fourth-order valence-corrected chi connectivity index (χ4v) is 2.35. The van der Waals surface area contributed by atoms with Crippen molar-refractivity contribution in [2.75, 3.05) is 13.6 Å². The number of nitrogens with zero attached hydrogens (tertiary/aromatic N) is 1. The van der Waals surface area contributed by atoms with E-state index in [1.807, 2.05) is 12.1 Å². The molecule has 2 rings (SSSR count). The monoisotopic (exact) mass is 470 g/mol. The summed E-state index contributed by atoms with van der Waals surface area (Å²) in [6.45, 7) is 2.64. The second-order valence-electron chi connectivity index (χ2n) is 5.85. The van der Waals surface area contributed by atoms with Crippen LogP contribution < -0.4 is 16.0 Å². The number of amides is 1. The van der Waals surface area contributed by atoms with Gasteiger partial charge in [0.25, 0.3) is 0 Å². The highest BCUT2D eigenvalue weighted by molar-refractivity contribution is 14.0. The van der Waals surface area contributed by atoms with Crippen LogP contribution in [0.1, 0.15) is 24.7 Å². The van der Waals surface area contributed by atoms with Crippen molar-refractivity contribution in [1.82, 2.24) is 16.0 Å². The molecule has 7 heteroatoms. The molecule has 1 atom stereocenters. The van der Waals surface area contributed by atoms with Gasteiger partial charge in [0.15, 0.2) is 5.96 Å². The van der Waals surface area contributed by atoms with Gasteiger partial charge < -0.3 is 20.4 Å². The van der Waals surface area contributed by atoms with E-state index in [1.165, 1.54) is 5.56 Å². The third kappa shape index (κ3) is 8.37. The van der Waals surface area contributed by atoms with Gasteiger partial charge in [0.1, 0.15) is 5.76 Å². The Morgan fingerprint density at radius 1 is 1.15 bits per heavy atom. The summed E-state index contributed by atoms with van der Waals surface area (Å²) in [6, 6.07) is 14.2.